The minimum Gasteiger partial charge on any atom is -0.383 e. The third-order valence-corrected chi connectivity index (χ3v) is 6.36. The molecule has 0 aliphatic carbocycles. The quantitative estimate of drug-likeness (QED) is 0.621. The van der Waals surface area contributed by atoms with Gasteiger partial charge in [-0.2, -0.15) is 0 Å². The number of hydrogen-bond acceptors (Lipinski definition) is 5. The number of ether oxygens (including phenoxy) is 1. The summed E-state index contributed by atoms with van der Waals surface area (Å²) >= 11 is 1.50. The zero-order valence-corrected chi connectivity index (χ0v) is 16.9. The Morgan fingerprint density at radius 1 is 1.29 bits per heavy atom. The van der Waals surface area contributed by atoms with Gasteiger partial charge in [-0.1, -0.05) is 36.4 Å². The highest BCUT2D eigenvalue weighted by Gasteiger charge is 2.30. The molecular formula is C22H25N3O2S. The Labute approximate surface area is 169 Å². The standard InChI is InChI=1S/C22H25N3O2S/c1-27-13-11-23-21(26)20-19(18-8-5-10-24-22(18)28-20)17-9-12-25(15-17)14-16-6-3-2-4-7-16/h2-8,10,17H,9,11-15H2,1H3,(H,23,26)/t17-/m0/s1. The number of thiophene rings is 1. The molecule has 6 heteroatoms. The third kappa shape index (κ3) is 4.09. The van der Waals surface area contributed by atoms with Gasteiger partial charge in [0, 0.05) is 44.2 Å². The van der Waals surface area contributed by atoms with Crippen molar-refractivity contribution < 1.29 is 9.53 Å². The number of carbonyl (C=O) groups is 1. The van der Waals surface area contributed by atoms with E-state index in [2.05, 4.69) is 51.6 Å². The van der Waals surface area contributed by atoms with E-state index < -0.39 is 0 Å². The van der Waals surface area contributed by atoms with Crippen LogP contribution in [0.3, 0.4) is 0 Å². The Morgan fingerprint density at radius 3 is 2.96 bits per heavy atom. The van der Waals surface area contributed by atoms with Crippen LogP contribution in [0.15, 0.2) is 48.7 Å². The lowest BCUT2D eigenvalue weighted by molar-refractivity contribution is 0.0940. The van der Waals surface area contributed by atoms with Crippen LogP contribution in [0.25, 0.3) is 10.2 Å². The van der Waals surface area contributed by atoms with Crippen LogP contribution < -0.4 is 5.32 Å². The summed E-state index contributed by atoms with van der Waals surface area (Å²) in [6.07, 6.45) is 2.86. The second kappa shape index (κ2) is 8.82. The molecule has 1 amide bonds. The number of amides is 1. The van der Waals surface area contributed by atoms with Gasteiger partial charge in [-0.05, 0) is 30.2 Å². The first kappa shape index (κ1) is 19.1. The molecule has 1 saturated heterocycles. The number of benzene rings is 1. The molecule has 28 heavy (non-hydrogen) atoms. The van der Waals surface area contributed by atoms with Gasteiger partial charge in [-0.3, -0.25) is 9.69 Å². The fourth-order valence-electron chi connectivity index (χ4n) is 3.93. The molecule has 1 fully saturated rings. The van der Waals surface area contributed by atoms with Crippen molar-refractivity contribution in [1.29, 1.82) is 0 Å². The Bertz CT molecular complexity index is 941. The molecule has 3 aromatic rings. The Morgan fingerprint density at radius 2 is 2.14 bits per heavy atom. The number of nitrogens with zero attached hydrogens (tertiary/aromatic N) is 2. The van der Waals surface area contributed by atoms with Crippen molar-refractivity contribution in [2.24, 2.45) is 0 Å². The molecule has 1 atom stereocenters. The van der Waals surface area contributed by atoms with Gasteiger partial charge in [0.25, 0.3) is 5.91 Å². The highest BCUT2D eigenvalue weighted by Crippen LogP contribution is 2.39. The number of likely N-dealkylation sites (tertiary alicyclic amines) is 1. The van der Waals surface area contributed by atoms with Gasteiger partial charge in [-0.25, -0.2) is 4.98 Å². The van der Waals surface area contributed by atoms with Gasteiger partial charge >= 0.3 is 0 Å². The van der Waals surface area contributed by atoms with Crippen LogP contribution in [0, 0.1) is 0 Å². The zero-order valence-electron chi connectivity index (χ0n) is 16.1. The van der Waals surface area contributed by atoms with E-state index >= 15 is 0 Å². The minimum absolute atomic E-state index is 0.0171. The maximum atomic E-state index is 12.8. The van der Waals surface area contributed by atoms with E-state index in [-0.39, 0.29) is 5.91 Å². The Kier molecular flexibility index (Phi) is 6.00. The first-order chi connectivity index (χ1) is 13.8. The molecule has 1 aromatic carbocycles. The van der Waals surface area contributed by atoms with Crippen LogP contribution in [-0.2, 0) is 11.3 Å². The molecule has 0 radical (unpaired) electrons. The summed E-state index contributed by atoms with van der Waals surface area (Å²) in [6, 6.07) is 14.6. The first-order valence-corrected chi connectivity index (χ1v) is 10.5. The number of hydrogen-bond donors (Lipinski definition) is 1. The largest absolute Gasteiger partial charge is 0.383 e. The van der Waals surface area contributed by atoms with Crippen LogP contribution >= 0.6 is 11.3 Å². The van der Waals surface area contributed by atoms with E-state index in [1.165, 1.54) is 22.5 Å². The number of fused-ring (bicyclic) bond motifs is 1. The van der Waals surface area contributed by atoms with Gasteiger partial charge in [0.2, 0.25) is 0 Å². The van der Waals surface area contributed by atoms with Crippen LogP contribution in [0.2, 0.25) is 0 Å². The predicted octanol–water partition coefficient (Wildman–Crippen LogP) is 3.66. The van der Waals surface area contributed by atoms with Crippen molar-refractivity contribution in [3.05, 3.63) is 64.7 Å². The van der Waals surface area contributed by atoms with Gasteiger partial charge in [-0.15, -0.1) is 11.3 Å². The van der Waals surface area contributed by atoms with E-state index in [1.54, 1.807) is 13.3 Å². The van der Waals surface area contributed by atoms with Crippen LogP contribution in [-0.4, -0.2) is 49.1 Å². The lowest BCUT2D eigenvalue weighted by atomic mass is 9.95. The van der Waals surface area contributed by atoms with Crippen molar-refractivity contribution in [2.45, 2.75) is 18.9 Å². The Hall–Kier alpha value is -2.28. The summed E-state index contributed by atoms with van der Waals surface area (Å²) in [5.74, 6) is 0.335. The maximum absolute atomic E-state index is 12.8. The molecule has 4 rings (SSSR count). The average molecular weight is 396 g/mol. The molecule has 0 bridgehead atoms. The molecule has 1 aliphatic rings. The van der Waals surface area contributed by atoms with Crippen molar-refractivity contribution in [3.8, 4) is 0 Å². The van der Waals surface area contributed by atoms with Crippen molar-refractivity contribution in [2.75, 3.05) is 33.4 Å². The fourth-order valence-corrected chi connectivity index (χ4v) is 5.07. The summed E-state index contributed by atoms with van der Waals surface area (Å²) in [4.78, 5) is 21.6. The van der Waals surface area contributed by atoms with Gasteiger partial charge in [0.15, 0.2) is 0 Å². The summed E-state index contributed by atoms with van der Waals surface area (Å²) in [5.41, 5.74) is 2.50. The second-order valence-electron chi connectivity index (χ2n) is 7.16. The monoisotopic (exact) mass is 395 g/mol. The smallest absolute Gasteiger partial charge is 0.261 e. The van der Waals surface area contributed by atoms with Gasteiger partial charge < -0.3 is 10.1 Å². The molecule has 0 unspecified atom stereocenters. The lowest BCUT2D eigenvalue weighted by Crippen LogP contribution is -2.27. The molecule has 0 saturated carbocycles. The number of pyridine rings is 1. The number of rotatable bonds is 7. The molecule has 3 heterocycles. The maximum Gasteiger partial charge on any atom is 0.261 e. The second-order valence-corrected chi connectivity index (χ2v) is 8.16. The predicted molar refractivity (Wildman–Crippen MR) is 113 cm³/mol. The first-order valence-electron chi connectivity index (χ1n) is 9.67. The van der Waals surface area contributed by atoms with Crippen LogP contribution in [0.4, 0.5) is 0 Å². The molecule has 0 spiro atoms. The van der Waals surface area contributed by atoms with E-state index in [1.807, 2.05) is 6.07 Å². The summed E-state index contributed by atoms with van der Waals surface area (Å²) in [5, 5.41) is 4.10. The molecule has 5 nitrogen and oxygen atoms in total. The normalized spacial score (nSPS) is 17.2. The van der Waals surface area contributed by atoms with Crippen molar-refractivity contribution in [1.82, 2.24) is 15.2 Å². The van der Waals surface area contributed by atoms with Gasteiger partial charge in [0.1, 0.15) is 4.83 Å². The summed E-state index contributed by atoms with van der Waals surface area (Å²) < 4.78 is 5.06. The molecule has 1 N–H and O–H groups in total. The molecule has 146 valence electrons. The fraction of sp³-hybridized carbons (Fsp3) is 0.364. The number of nitrogens with one attached hydrogen (secondary N) is 1. The highest BCUT2D eigenvalue weighted by atomic mass is 32.1. The van der Waals surface area contributed by atoms with E-state index in [0.717, 1.165) is 41.1 Å². The van der Waals surface area contributed by atoms with Crippen LogP contribution in [0.5, 0.6) is 0 Å². The topological polar surface area (TPSA) is 54.5 Å². The minimum atomic E-state index is -0.0171. The molecule has 1 aliphatic heterocycles. The number of methoxy groups -OCH3 is 1. The van der Waals surface area contributed by atoms with E-state index in [9.17, 15) is 4.79 Å². The number of carbonyl (C=O) groups excluding carboxylic acids is 1. The van der Waals surface area contributed by atoms with E-state index in [4.69, 9.17) is 4.74 Å². The third-order valence-electron chi connectivity index (χ3n) is 5.23. The molecule has 2 aromatic heterocycles. The lowest BCUT2D eigenvalue weighted by Gasteiger charge is -2.17. The Balaban J connectivity index is 1.57. The highest BCUT2D eigenvalue weighted by molar-refractivity contribution is 7.20. The zero-order chi connectivity index (χ0) is 19.3. The van der Waals surface area contributed by atoms with E-state index in [0.29, 0.717) is 19.1 Å². The van der Waals surface area contributed by atoms with Crippen LogP contribution in [0.1, 0.15) is 33.1 Å². The summed E-state index contributed by atoms with van der Waals surface area (Å²) in [6.45, 7) is 3.99. The summed E-state index contributed by atoms with van der Waals surface area (Å²) in [7, 11) is 1.64. The van der Waals surface area contributed by atoms with Crippen molar-refractivity contribution in [3.63, 3.8) is 0 Å². The van der Waals surface area contributed by atoms with Gasteiger partial charge in [0.05, 0.1) is 11.5 Å². The average Bonchev–Trinajstić information content (AvgIpc) is 3.33. The SMILES string of the molecule is COCCNC(=O)c1sc2ncccc2c1[C@H]1CCN(Cc2ccccc2)C1. The number of aromatic nitrogens is 1. The van der Waals surface area contributed by atoms with Crippen molar-refractivity contribution >= 4 is 27.5 Å². The molecular weight excluding hydrogens is 370 g/mol.